The molecule has 0 unspecified atom stereocenters. The van der Waals surface area contributed by atoms with Crippen molar-refractivity contribution in [2.24, 2.45) is 0 Å². The molecule has 0 saturated carbocycles. The van der Waals surface area contributed by atoms with Crippen LogP contribution >= 0.6 is 27.5 Å². The van der Waals surface area contributed by atoms with Crippen molar-refractivity contribution >= 4 is 45.0 Å². The van der Waals surface area contributed by atoms with Gasteiger partial charge in [0, 0.05) is 19.3 Å². The molecule has 0 bridgehead atoms. The predicted octanol–water partition coefficient (Wildman–Crippen LogP) is 3.91. The number of nitrogens with one attached hydrogen (secondary N) is 2. The van der Waals surface area contributed by atoms with Crippen LogP contribution in [0.25, 0.3) is 5.82 Å². The highest BCUT2D eigenvalue weighted by atomic mass is 79.9. The first-order chi connectivity index (χ1) is 13.3. The number of halogens is 2. The fourth-order valence-electron chi connectivity index (χ4n) is 2.83. The molecule has 144 valence electrons. The van der Waals surface area contributed by atoms with Gasteiger partial charge in [0.1, 0.15) is 10.3 Å². The van der Waals surface area contributed by atoms with Crippen LogP contribution in [0.4, 0.5) is 5.69 Å². The van der Waals surface area contributed by atoms with Crippen molar-refractivity contribution in [2.45, 2.75) is 13.8 Å². The van der Waals surface area contributed by atoms with Gasteiger partial charge in [-0.15, -0.1) is 0 Å². The number of carbonyl (C=O) groups is 2. The number of amides is 2. The quantitative estimate of drug-likeness (QED) is 0.615. The van der Waals surface area contributed by atoms with E-state index in [1.54, 1.807) is 37.5 Å². The maximum Gasteiger partial charge on any atom is 0.274 e. The highest BCUT2D eigenvalue weighted by Crippen LogP contribution is 2.26. The predicted molar refractivity (Wildman–Crippen MR) is 111 cm³/mol. The van der Waals surface area contributed by atoms with Crippen LogP contribution in [0.15, 0.2) is 41.1 Å². The second-order valence-corrected chi connectivity index (χ2v) is 7.33. The lowest BCUT2D eigenvalue weighted by Gasteiger charge is -2.15. The monoisotopic (exact) mass is 461 g/mol. The van der Waals surface area contributed by atoms with E-state index in [-0.39, 0.29) is 11.6 Å². The molecule has 2 N–H and O–H groups in total. The second kappa shape index (κ2) is 8.12. The largest absolute Gasteiger partial charge is 0.355 e. The molecule has 0 saturated heterocycles. The first kappa shape index (κ1) is 20.0. The van der Waals surface area contributed by atoms with E-state index in [0.29, 0.717) is 26.7 Å². The summed E-state index contributed by atoms with van der Waals surface area (Å²) in [6.07, 6.45) is 1.56. The minimum absolute atomic E-state index is 0.218. The van der Waals surface area contributed by atoms with Crippen molar-refractivity contribution in [3.63, 3.8) is 0 Å². The third-order valence-electron chi connectivity index (χ3n) is 4.04. The number of anilines is 1. The normalized spacial score (nSPS) is 10.6. The average Bonchev–Trinajstić information content (AvgIpc) is 3.05. The average molecular weight is 463 g/mol. The molecule has 0 aliphatic heterocycles. The molecule has 7 nitrogen and oxygen atoms in total. The topological polar surface area (TPSA) is 88.9 Å². The highest BCUT2D eigenvalue weighted by Gasteiger charge is 2.21. The number of benzene rings is 1. The van der Waals surface area contributed by atoms with Gasteiger partial charge in [-0.25, -0.2) is 9.67 Å². The van der Waals surface area contributed by atoms with Crippen LogP contribution in [0.2, 0.25) is 5.02 Å². The number of hydrogen-bond donors (Lipinski definition) is 2. The van der Waals surface area contributed by atoms with E-state index in [1.807, 2.05) is 19.9 Å². The Balaban J connectivity index is 2.05. The van der Waals surface area contributed by atoms with Crippen LogP contribution < -0.4 is 10.6 Å². The molecule has 28 heavy (non-hydrogen) atoms. The standard InChI is InChI=1S/C19H17BrClN5O2/c1-10-7-11(2)16(12(8-10)18(27)22-3)24-19(28)14-9-15(20)25-26(14)17-13(21)5-4-6-23-17/h4-9H,1-3H3,(H,22,27)(H,24,28). The summed E-state index contributed by atoms with van der Waals surface area (Å²) in [4.78, 5) is 29.5. The van der Waals surface area contributed by atoms with E-state index in [4.69, 9.17) is 11.6 Å². The summed E-state index contributed by atoms with van der Waals surface area (Å²) >= 11 is 9.49. The molecule has 3 aromatic rings. The van der Waals surface area contributed by atoms with E-state index in [1.165, 1.54) is 4.68 Å². The van der Waals surface area contributed by atoms with Crippen LogP contribution in [0.1, 0.15) is 32.0 Å². The number of aromatic nitrogens is 3. The Hall–Kier alpha value is -2.71. The maximum absolute atomic E-state index is 13.0. The molecule has 1 aromatic carbocycles. The van der Waals surface area contributed by atoms with E-state index in [2.05, 4.69) is 36.6 Å². The molecule has 0 aliphatic rings. The molecule has 2 aromatic heterocycles. The Morgan fingerprint density at radius 3 is 2.61 bits per heavy atom. The fraction of sp³-hybridized carbons (Fsp3) is 0.158. The van der Waals surface area contributed by atoms with Gasteiger partial charge >= 0.3 is 0 Å². The molecule has 0 fully saturated rings. The van der Waals surface area contributed by atoms with Crippen LogP contribution in [0, 0.1) is 13.8 Å². The first-order valence-electron chi connectivity index (χ1n) is 8.33. The smallest absolute Gasteiger partial charge is 0.274 e. The zero-order valence-corrected chi connectivity index (χ0v) is 17.7. The van der Waals surface area contributed by atoms with Gasteiger partial charge < -0.3 is 10.6 Å². The molecular formula is C19H17BrClN5O2. The van der Waals surface area contributed by atoms with E-state index in [9.17, 15) is 9.59 Å². The molecule has 2 heterocycles. The Morgan fingerprint density at radius 1 is 1.18 bits per heavy atom. The van der Waals surface area contributed by atoms with Crippen LogP contribution in [0.3, 0.4) is 0 Å². The van der Waals surface area contributed by atoms with Crippen molar-refractivity contribution in [3.05, 3.63) is 68.5 Å². The van der Waals surface area contributed by atoms with Crippen molar-refractivity contribution in [1.29, 1.82) is 0 Å². The van der Waals surface area contributed by atoms with Crippen molar-refractivity contribution < 1.29 is 9.59 Å². The minimum Gasteiger partial charge on any atom is -0.355 e. The van der Waals surface area contributed by atoms with Gasteiger partial charge in [-0.1, -0.05) is 17.7 Å². The van der Waals surface area contributed by atoms with Gasteiger partial charge in [0.15, 0.2) is 5.82 Å². The fourth-order valence-corrected chi connectivity index (χ4v) is 3.41. The lowest BCUT2D eigenvalue weighted by molar-refractivity contribution is 0.0964. The molecule has 2 amide bonds. The molecule has 9 heteroatoms. The lowest BCUT2D eigenvalue weighted by Crippen LogP contribution is -2.23. The zero-order chi connectivity index (χ0) is 20.4. The van der Waals surface area contributed by atoms with Gasteiger partial charge in [-0.05, 0) is 59.1 Å². The van der Waals surface area contributed by atoms with Crippen LogP contribution in [-0.2, 0) is 0 Å². The van der Waals surface area contributed by atoms with Crippen molar-refractivity contribution in [2.75, 3.05) is 12.4 Å². The molecule has 0 radical (unpaired) electrons. The summed E-state index contributed by atoms with van der Waals surface area (Å²) < 4.78 is 1.80. The summed E-state index contributed by atoms with van der Waals surface area (Å²) in [5, 5.41) is 10.0. The van der Waals surface area contributed by atoms with Gasteiger partial charge in [0.05, 0.1) is 16.3 Å². The Morgan fingerprint density at radius 2 is 1.93 bits per heavy atom. The van der Waals surface area contributed by atoms with Crippen molar-refractivity contribution in [1.82, 2.24) is 20.1 Å². The zero-order valence-electron chi connectivity index (χ0n) is 15.4. The first-order valence-corrected chi connectivity index (χ1v) is 9.50. The molecule has 0 atom stereocenters. The third kappa shape index (κ3) is 3.93. The number of nitrogens with zero attached hydrogens (tertiary/aromatic N) is 3. The Labute approximate surface area is 175 Å². The summed E-state index contributed by atoms with van der Waals surface area (Å²) in [5.41, 5.74) is 2.73. The lowest BCUT2D eigenvalue weighted by atomic mass is 10.0. The Kier molecular flexibility index (Phi) is 5.81. The van der Waals surface area contributed by atoms with Crippen LogP contribution in [0.5, 0.6) is 0 Å². The van der Waals surface area contributed by atoms with Gasteiger partial charge in [-0.3, -0.25) is 9.59 Å². The van der Waals surface area contributed by atoms with Crippen molar-refractivity contribution in [3.8, 4) is 5.82 Å². The van der Waals surface area contributed by atoms with Crippen LogP contribution in [-0.4, -0.2) is 33.6 Å². The Bertz CT molecular complexity index is 1080. The summed E-state index contributed by atoms with van der Waals surface area (Å²) in [7, 11) is 1.54. The number of aryl methyl sites for hydroxylation is 2. The van der Waals surface area contributed by atoms with E-state index in [0.717, 1.165) is 11.1 Å². The second-order valence-electron chi connectivity index (χ2n) is 6.11. The molecule has 0 spiro atoms. The SMILES string of the molecule is CNC(=O)c1cc(C)cc(C)c1NC(=O)c1cc(Br)nn1-c1ncccc1Cl. The summed E-state index contributed by atoms with van der Waals surface area (Å²) in [6.45, 7) is 3.72. The number of hydrogen-bond acceptors (Lipinski definition) is 4. The van der Waals surface area contributed by atoms with E-state index < -0.39 is 5.91 Å². The maximum atomic E-state index is 13.0. The molecule has 0 aliphatic carbocycles. The third-order valence-corrected chi connectivity index (χ3v) is 4.72. The minimum atomic E-state index is -0.447. The van der Waals surface area contributed by atoms with Gasteiger partial charge in [-0.2, -0.15) is 5.10 Å². The number of carbonyl (C=O) groups excluding carboxylic acids is 2. The number of pyridine rings is 1. The molecule has 3 rings (SSSR count). The van der Waals surface area contributed by atoms with Gasteiger partial charge in [0.2, 0.25) is 0 Å². The van der Waals surface area contributed by atoms with E-state index >= 15 is 0 Å². The number of rotatable bonds is 4. The summed E-state index contributed by atoms with van der Waals surface area (Å²) in [5.74, 6) is -0.409. The summed E-state index contributed by atoms with van der Waals surface area (Å²) in [6, 6.07) is 8.53. The molecular weight excluding hydrogens is 446 g/mol. The van der Waals surface area contributed by atoms with Gasteiger partial charge in [0.25, 0.3) is 11.8 Å². The highest BCUT2D eigenvalue weighted by molar-refractivity contribution is 9.10.